The van der Waals surface area contributed by atoms with Crippen LogP contribution in [0.1, 0.15) is 19.8 Å². The number of halogens is 2. The monoisotopic (exact) mass is 492 g/mol. The largest absolute Gasteiger partial charge is 0.382 e. The fourth-order valence-electron chi connectivity index (χ4n) is 3.15. The molecule has 34 heavy (non-hydrogen) atoms. The number of hydrogen-bond acceptors (Lipinski definition) is 7. The minimum atomic E-state index is -0.873. The number of non-ortho nitro benzene ring substituents is 1. The van der Waals surface area contributed by atoms with E-state index >= 15 is 0 Å². The predicted molar refractivity (Wildman–Crippen MR) is 124 cm³/mol. The number of nitrogens with one attached hydrogen (secondary N) is 1. The van der Waals surface area contributed by atoms with E-state index in [1.807, 2.05) is 6.92 Å². The van der Waals surface area contributed by atoms with Crippen molar-refractivity contribution in [2.45, 2.75) is 25.0 Å². The SMILES string of the molecule is CCOCCCN1C(=O)[C@H](CC(=O)Nc2cccc([N+](=O)[O-])c2)SC1=Nc1ccc(F)cc1F. The van der Waals surface area contributed by atoms with Gasteiger partial charge < -0.3 is 10.1 Å². The van der Waals surface area contributed by atoms with Crippen LogP contribution in [0.5, 0.6) is 0 Å². The zero-order valence-corrected chi connectivity index (χ0v) is 19.0. The molecule has 1 N–H and O–H groups in total. The lowest BCUT2D eigenvalue weighted by molar-refractivity contribution is -0.384. The smallest absolute Gasteiger partial charge is 0.271 e. The number of nitro groups is 1. The third-order valence-electron chi connectivity index (χ3n) is 4.73. The number of amides is 2. The third kappa shape index (κ3) is 6.58. The van der Waals surface area contributed by atoms with E-state index in [1.165, 1.54) is 35.2 Å². The second-order valence-corrected chi connectivity index (χ2v) is 8.37. The molecule has 1 saturated heterocycles. The summed E-state index contributed by atoms with van der Waals surface area (Å²) in [4.78, 5) is 41.4. The van der Waals surface area contributed by atoms with Gasteiger partial charge in [0.1, 0.15) is 16.8 Å². The summed E-state index contributed by atoms with van der Waals surface area (Å²) in [7, 11) is 0. The normalized spacial score (nSPS) is 16.8. The van der Waals surface area contributed by atoms with Crippen LogP contribution in [-0.4, -0.2) is 51.8 Å². The summed E-state index contributed by atoms with van der Waals surface area (Å²) in [5.41, 5.74) is -0.0842. The van der Waals surface area contributed by atoms with Gasteiger partial charge in [-0.2, -0.15) is 0 Å². The zero-order chi connectivity index (χ0) is 24.7. The Hall–Kier alpha value is -3.38. The van der Waals surface area contributed by atoms with Crippen LogP contribution in [0.3, 0.4) is 0 Å². The Kier molecular flexibility index (Phi) is 8.66. The Morgan fingerprint density at radius 1 is 1.29 bits per heavy atom. The maximum atomic E-state index is 14.1. The summed E-state index contributed by atoms with van der Waals surface area (Å²) in [5.74, 6) is -2.52. The molecule has 2 aromatic carbocycles. The molecule has 3 rings (SSSR count). The van der Waals surface area contributed by atoms with Crippen molar-refractivity contribution in [1.82, 2.24) is 4.90 Å². The van der Waals surface area contributed by atoms with Gasteiger partial charge in [0.25, 0.3) is 5.69 Å². The number of anilines is 1. The number of nitro benzene ring substituents is 1. The van der Waals surface area contributed by atoms with Crippen LogP contribution in [0.4, 0.5) is 25.8 Å². The zero-order valence-electron chi connectivity index (χ0n) is 18.2. The van der Waals surface area contributed by atoms with E-state index in [2.05, 4.69) is 10.3 Å². The summed E-state index contributed by atoms with van der Waals surface area (Å²) in [6.45, 7) is 3.01. The van der Waals surface area contributed by atoms with Gasteiger partial charge in [-0.05, 0) is 31.5 Å². The number of nitrogens with zero attached hydrogens (tertiary/aromatic N) is 3. The highest BCUT2D eigenvalue weighted by atomic mass is 32.2. The van der Waals surface area contributed by atoms with Crippen molar-refractivity contribution in [2.24, 2.45) is 4.99 Å². The molecule has 180 valence electrons. The van der Waals surface area contributed by atoms with E-state index < -0.39 is 27.7 Å². The highest BCUT2D eigenvalue weighted by Gasteiger charge is 2.39. The average molecular weight is 493 g/mol. The molecule has 1 aliphatic rings. The Morgan fingerprint density at radius 3 is 2.79 bits per heavy atom. The lowest BCUT2D eigenvalue weighted by atomic mass is 10.2. The standard InChI is InChI=1S/C22H22F2N4O5S/c1-2-33-10-4-9-27-21(30)19(34-22(27)26-18-8-7-14(23)11-17(18)24)13-20(29)25-15-5-3-6-16(12-15)28(31)32/h3,5-8,11-12,19H,2,4,9-10,13H2,1H3,(H,25,29)/t19-/m0/s1. The van der Waals surface area contributed by atoms with Crippen LogP contribution in [0, 0.1) is 21.7 Å². The van der Waals surface area contributed by atoms with E-state index in [9.17, 15) is 28.5 Å². The van der Waals surface area contributed by atoms with Gasteiger partial charge in [-0.25, -0.2) is 13.8 Å². The van der Waals surface area contributed by atoms with Gasteiger partial charge in [-0.3, -0.25) is 24.6 Å². The molecule has 1 heterocycles. The third-order valence-corrected chi connectivity index (χ3v) is 5.91. The van der Waals surface area contributed by atoms with Crippen molar-refractivity contribution >= 4 is 45.8 Å². The number of carbonyl (C=O) groups is 2. The van der Waals surface area contributed by atoms with E-state index in [0.717, 1.165) is 17.8 Å². The van der Waals surface area contributed by atoms with Crippen molar-refractivity contribution < 1.29 is 28.0 Å². The van der Waals surface area contributed by atoms with Crippen molar-refractivity contribution in [2.75, 3.05) is 25.1 Å². The molecule has 0 spiro atoms. The van der Waals surface area contributed by atoms with Crippen LogP contribution >= 0.6 is 11.8 Å². The first-order valence-electron chi connectivity index (χ1n) is 10.4. The maximum absolute atomic E-state index is 14.1. The minimum Gasteiger partial charge on any atom is -0.382 e. The molecule has 9 nitrogen and oxygen atoms in total. The summed E-state index contributed by atoms with van der Waals surface area (Å²) < 4.78 is 32.7. The second kappa shape index (κ2) is 11.7. The fraction of sp³-hybridized carbons (Fsp3) is 0.318. The summed E-state index contributed by atoms with van der Waals surface area (Å²) in [5, 5.41) is 12.8. The van der Waals surface area contributed by atoms with E-state index in [0.29, 0.717) is 25.7 Å². The summed E-state index contributed by atoms with van der Waals surface area (Å²) >= 11 is 1.00. The van der Waals surface area contributed by atoms with Crippen molar-refractivity contribution in [1.29, 1.82) is 0 Å². The highest BCUT2D eigenvalue weighted by molar-refractivity contribution is 8.15. The molecule has 1 fully saturated rings. The molecule has 0 aromatic heterocycles. The Bertz CT molecular complexity index is 1110. The maximum Gasteiger partial charge on any atom is 0.271 e. The van der Waals surface area contributed by atoms with Gasteiger partial charge in [0.15, 0.2) is 11.0 Å². The van der Waals surface area contributed by atoms with E-state index in [-0.39, 0.29) is 41.1 Å². The van der Waals surface area contributed by atoms with Crippen LogP contribution in [0.2, 0.25) is 0 Å². The van der Waals surface area contributed by atoms with Gasteiger partial charge in [-0.15, -0.1) is 0 Å². The van der Waals surface area contributed by atoms with Crippen LogP contribution in [-0.2, 0) is 14.3 Å². The first-order chi connectivity index (χ1) is 16.3. The van der Waals surface area contributed by atoms with Gasteiger partial charge in [0, 0.05) is 50.1 Å². The molecule has 1 atom stereocenters. The number of thioether (sulfide) groups is 1. The number of benzene rings is 2. The molecule has 2 amide bonds. The van der Waals surface area contributed by atoms with Crippen molar-refractivity contribution in [3.8, 4) is 0 Å². The number of hydrogen-bond donors (Lipinski definition) is 1. The summed E-state index contributed by atoms with van der Waals surface area (Å²) in [6, 6.07) is 8.38. The van der Waals surface area contributed by atoms with E-state index in [1.54, 1.807) is 0 Å². The summed E-state index contributed by atoms with van der Waals surface area (Å²) in [6.07, 6.45) is 0.275. The molecular weight excluding hydrogens is 470 g/mol. The van der Waals surface area contributed by atoms with E-state index in [4.69, 9.17) is 4.74 Å². The first-order valence-corrected chi connectivity index (χ1v) is 11.3. The Morgan fingerprint density at radius 2 is 2.09 bits per heavy atom. The average Bonchev–Trinajstić information content (AvgIpc) is 3.07. The van der Waals surface area contributed by atoms with Gasteiger partial charge in [0.05, 0.1) is 4.92 Å². The number of ether oxygens (including phenoxy) is 1. The van der Waals surface area contributed by atoms with Crippen molar-refractivity contribution in [3.05, 3.63) is 64.2 Å². The molecule has 12 heteroatoms. The topological polar surface area (TPSA) is 114 Å². The lowest BCUT2D eigenvalue weighted by Gasteiger charge is -2.16. The fourth-order valence-corrected chi connectivity index (χ4v) is 4.33. The van der Waals surface area contributed by atoms with Crippen LogP contribution in [0.15, 0.2) is 47.5 Å². The predicted octanol–water partition coefficient (Wildman–Crippen LogP) is 4.26. The van der Waals surface area contributed by atoms with Gasteiger partial charge in [-0.1, -0.05) is 17.8 Å². The van der Waals surface area contributed by atoms with Crippen LogP contribution < -0.4 is 5.32 Å². The number of aliphatic imine (C=N–C) groups is 1. The Labute approximate surface area is 198 Å². The molecule has 0 bridgehead atoms. The molecule has 0 aliphatic carbocycles. The van der Waals surface area contributed by atoms with Gasteiger partial charge in [0.2, 0.25) is 11.8 Å². The van der Waals surface area contributed by atoms with Crippen molar-refractivity contribution in [3.63, 3.8) is 0 Å². The molecule has 0 unspecified atom stereocenters. The quantitative estimate of drug-likeness (QED) is 0.301. The molecular formula is C22H22F2N4O5S. The molecule has 2 aromatic rings. The number of rotatable bonds is 10. The van der Waals surface area contributed by atoms with Crippen LogP contribution in [0.25, 0.3) is 0 Å². The number of amidine groups is 1. The number of carbonyl (C=O) groups excluding carboxylic acids is 2. The Balaban J connectivity index is 1.75. The molecule has 0 radical (unpaired) electrons. The van der Waals surface area contributed by atoms with Gasteiger partial charge >= 0.3 is 0 Å². The second-order valence-electron chi connectivity index (χ2n) is 7.20. The lowest BCUT2D eigenvalue weighted by Crippen LogP contribution is -2.34. The molecule has 0 saturated carbocycles. The molecule has 1 aliphatic heterocycles. The highest BCUT2D eigenvalue weighted by Crippen LogP contribution is 2.33. The minimum absolute atomic E-state index is 0.131. The first kappa shape index (κ1) is 25.2.